The zero-order valence-corrected chi connectivity index (χ0v) is 11.3. The van der Waals surface area contributed by atoms with Gasteiger partial charge in [0, 0.05) is 13.1 Å². The van der Waals surface area contributed by atoms with Crippen molar-refractivity contribution in [2.24, 2.45) is 5.92 Å². The summed E-state index contributed by atoms with van der Waals surface area (Å²) in [5.41, 5.74) is 0. The summed E-state index contributed by atoms with van der Waals surface area (Å²) in [4.78, 5) is 10.5. The molecule has 98 valence electrons. The Morgan fingerprint density at radius 2 is 1.78 bits per heavy atom. The van der Waals surface area contributed by atoms with Crippen molar-refractivity contribution in [1.29, 1.82) is 0 Å². The highest BCUT2D eigenvalue weighted by atomic mass is 35.5. The normalized spacial score (nSPS) is 17.4. The van der Waals surface area contributed by atoms with Crippen LogP contribution in [0.15, 0.2) is 23.1 Å². The van der Waals surface area contributed by atoms with Crippen molar-refractivity contribution in [2.75, 3.05) is 13.1 Å². The lowest BCUT2D eigenvalue weighted by Gasteiger charge is -2.35. The molecular weight excluding hydrogens is 301 g/mol. The predicted molar refractivity (Wildman–Crippen MR) is 66.3 cm³/mol. The quantitative estimate of drug-likeness (QED) is 0.922. The van der Waals surface area contributed by atoms with E-state index in [9.17, 15) is 13.2 Å². The van der Waals surface area contributed by atoms with Gasteiger partial charge in [-0.3, -0.25) is 4.79 Å². The second-order valence-electron chi connectivity index (χ2n) is 3.91. The van der Waals surface area contributed by atoms with Crippen LogP contribution in [0, 0.1) is 5.92 Å². The van der Waals surface area contributed by atoms with Crippen molar-refractivity contribution in [1.82, 2.24) is 4.31 Å². The third-order valence-electron chi connectivity index (χ3n) is 2.71. The summed E-state index contributed by atoms with van der Waals surface area (Å²) in [6, 6.07) is 4.39. The molecule has 0 spiro atoms. The van der Waals surface area contributed by atoms with Crippen LogP contribution in [0.1, 0.15) is 0 Å². The van der Waals surface area contributed by atoms with Crippen molar-refractivity contribution >= 4 is 39.2 Å². The minimum Gasteiger partial charge on any atom is -0.481 e. The van der Waals surface area contributed by atoms with Crippen LogP contribution in [0.25, 0.3) is 0 Å². The van der Waals surface area contributed by atoms with E-state index in [-0.39, 0.29) is 28.0 Å². The number of hydrogen-bond acceptors (Lipinski definition) is 3. The van der Waals surface area contributed by atoms with Crippen LogP contribution in [0.5, 0.6) is 0 Å². The lowest BCUT2D eigenvalue weighted by atomic mass is 10.0. The second-order valence-corrected chi connectivity index (χ2v) is 6.60. The maximum Gasteiger partial charge on any atom is 0.309 e. The van der Waals surface area contributed by atoms with E-state index >= 15 is 0 Å². The van der Waals surface area contributed by atoms with Gasteiger partial charge < -0.3 is 5.11 Å². The first-order valence-electron chi connectivity index (χ1n) is 5.01. The molecule has 18 heavy (non-hydrogen) atoms. The molecule has 0 atom stereocenters. The van der Waals surface area contributed by atoms with E-state index < -0.39 is 21.9 Å². The number of nitrogens with zero attached hydrogens (tertiary/aromatic N) is 1. The maximum atomic E-state index is 12.2. The Labute approximate surface area is 114 Å². The molecule has 8 heteroatoms. The Hall–Kier alpha value is -0.820. The van der Waals surface area contributed by atoms with Crippen molar-refractivity contribution in [3.05, 3.63) is 28.2 Å². The van der Waals surface area contributed by atoms with Gasteiger partial charge in [0.25, 0.3) is 0 Å². The zero-order valence-electron chi connectivity index (χ0n) is 9.01. The molecule has 0 amide bonds. The first-order chi connectivity index (χ1) is 8.34. The Bertz CT molecular complexity index is 576. The van der Waals surface area contributed by atoms with E-state index in [1.165, 1.54) is 12.1 Å². The average Bonchev–Trinajstić information content (AvgIpc) is 2.12. The standard InChI is InChI=1S/C10H9Cl2NO4S/c11-7-2-1-3-8(12)9(7)18(16,17)13-4-6(5-13)10(14)15/h1-3,6H,4-5H2,(H,14,15). The molecule has 1 fully saturated rings. The molecule has 1 aliphatic heterocycles. The molecule has 1 N–H and O–H groups in total. The number of carboxylic acid groups (broad SMARTS) is 1. The van der Waals surface area contributed by atoms with Gasteiger partial charge in [0.05, 0.1) is 16.0 Å². The number of aliphatic carboxylic acids is 1. The van der Waals surface area contributed by atoms with E-state index in [0.29, 0.717) is 0 Å². The molecule has 2 rings (SSSR count). The fourth-order valence-electron chi connectivity index (χ4n) is 1.65. The first-order valence-corrected chi connectivity index (χ1v) is 7.20. The van der Waals surface area contributed by atoms with Gasteiger partial charge in [-0.2, -0.15) is 4.31 Å². The van der Waals surface area contributed by atoms with Crippen LogP contribution in [0.2, 0.25) is 10.0 Å². The Morgan fingerprint density at radius 1 is 1.28 bits per heavy atom. The van der Waals surface area contributed by atoms with Crippen LogP contribution in [-0.4, -0.2) is 36.9 Å². The van der Waals surface area contributed by atoms with E-state index in [1.54, 1.807) is 6.07 Å². The Balaban J connectivity index is 2.31. The van der Waals surface area contributed by atoms with E-state index in [4.69, 9.17) is 28.3 Å². The van der Waals surface area contributed by atoms with Crippen LogP contribution in [0.3, 0.4) is 0 Å². The molecule has 1 saturated heterocycles. The molecule has 1 aromatic carbocycles. The number of halogens is 2. The number of benzene rings is 1. The van der Waals surface area contributed by atoms with Gasteiger partial charge in [0.2, 0.25) is 10.0 Å². The van der Waals surface area contributed by atoms with Crippen molar-refractivity contribution in [2.45, 2.75) is 4.90 Å². The molecule has 0 aliphatic carbocycles. The van der Waals surface area contributed by atoms with Crippen molar-refractivity contribution in [3.63, 3.8) is 0 Å². The van der Waals surface area contributed by atoms with Gasteiger partial charge in [-0.1, -0.05) is 29.3 Å². The highest BCUT2D eigenvalue weighted by Crippen LogP contribution is 2.34. The van der Waals surface area contributed by atoms with Gasteiger partial charge in [0.1, 0.15) is 4.90 Å². The summed E-state index contributed by atoms with van der Waals surface area (Å²) in [7, 11) is -3.82. The van der Waals surface area contributed by atoms with Crippen LogP contribution in [0.4, 0.5) is 0 Å². The van der Waals surface area contributed by atoms with E-state index in [2.05, 4.69) is 0 Å². The number of carbonyl (C=O) groups is 1. The van der Waals surface area contributed by atoms with Crippen LogP contribution in [-0.2, 0) is 14.8 Å². The van der Waals surface area contributed by atoms with Gasteiger partial charge >= 0.3 is 5.97 Å². The summed E-state index contributed by atoms with van der Waals surface area (Å²) >= 11 is 11.7. The topological polar surface area (TPSA) is 74.7 Å². The summed E-state index contributed by atoms with van der Waals surface area (Å²) < 4.78 is 25.4. The number of rotatable bonds is 3. The van der Waals surface area contributed by atoms with E-state index in [0.717, 1.165) is 4.31 Å². The SMILES string of the molecule is O=C(O)C1CN(S(=O)(=O)c2c(Cl)cccc2Cl)C1. The summed E-state index contributed by atoms with van der Waals surface area (Å²) in [5.74, 6) is -1.67. The van der Waals surface area contributed by atoms with Crippen LogP contribution >= 0.6 is 23.2 Å². The first kappa shape index (κ1) is 13.6. The second kappa shape index (κ2) is 4.70. The third kappa shape index (κ3) is 2.21. The number of hydrogen-bond donors (Lipinski definition) is 1. The smallest absolute Gasteiger partial charge is 0.309 e. The maximum absolute atomic E-state index is 12.2. The largest absolute Gasteiger partial charge is 0.481 e. The van der Waals surface area contributed by atoms with Gasteiger partial charge in [-0.25, -0.2) is 8.42 Å². The molecule has 0 aromatic heterocycles. The molecule has 0 unspecified atom stereocenters. The van der Waals surface area contributed by atoms with Gasteiger partial charge in [0.15, 0.2) is 0 Å². The molecule has 5 nitrogen and oxygen atoms in total. The molecule has 0 saturated carbocycles. The minimum atomic E-state index is -3.82. The van der Waals surface area contributed by atoms with E-state index in [1.807, 2.05) is 0 Å². The minimum absolute atomic E-state index is 0.0290. The van der Waals surface area contributed by atoms with Gasteiger partial charge in [-0.15, -0.1) is 0 Å². The Morgan fingerprint density at radius 3 is 2.22 bits per heavy atom. The molecule has 0 bridgehead atoms. The number of sulfonamides is 1. The molecule has 1 aromatic rings. The molecule has 1 aliphatic rings. The Kier molecular flexibility index (Phi) is 3.55. The molecule has 0 radical (unpaired) electrons. The zero-order chi connectivity index (χ0) is 13.5. The third-order valence-corrected chi connectivity index (χ3v) is 5.50. The summed E-state index contributed by atoms with van der Waals surface area (Å²) in [5, 5.41) is 8.78. The fourth-order valence-corrected chi connectivity index (χ4v) is 4.27. The lowest BCUT2D eigenvalue weighted by molar-refractivity contribution is -0.145. The van der Waals surface area contributed by atoms with Gasteiger partial charge in [-0.05, 0) is 12.1 Å². The fraction of sp³-hybridized carbons (Fsp3) is 0.300. The number of carboxylic acids is 1. The van der Waals surface area contributed by atoms with Crippen molar-refractivity contribution in [3.8, 4) is 0 Å². The predicted octanol–water partition coefficient (Wildman–Crippen LogP) is 1.70. The van der Waals surface area contributed by atoms with Crippen molar-refractivity contribution < 1.29 is 18.3 Å². The highest BCUT2D eigenvalue weighted by Gasteiger charge is 2.41. The highest BCUT2D eigenvalue weighted by molar-refractivity contribution is 7.89. The average molecular weight is 310 g/mol. The molecular formula is C10H9Cl2NO4S. The summed E-state index contributed by atoms with van der Waals surface area (Å²) in [6.45, 7) is -0.113. The lowest BCUT2D eigenvalue weighted by Crippen LogP contribution is -2.52. The summed E-state index contributed by atoms with van der Waals surface area (Å²) in [6.07, 6.45) is 0. The van der Waals surface area contributed by atoms with Crippen LogP contribution < -0.4 is 0 Å². The monoisotopic (exact) mass is 309 g/mol. The molecule has 1 heterocycles.